The molecule has 0 saturated heterocycles. The molecular formula is C8H12NO4P. The van der Waals surface area contributed by atoms with Crippen molar-refractivity contribution in [1.82, 2.24) is 0 Å². The van der Waals surface area contributed by atoms with E-state index in [2.05, 4.69) is 4.52 Å². The smallest absolute Gasteiger partial charge is 0.305 e. The number of nitrogens with two attached hydrogens (primary N) is 1. The van der Waals surface area contributed by atoms with Crippen molar-refractivity contribution in [2.75, 3.05) is 0 Å². The second-order valence-electron chi connectivity index (χ2n) is 2.82. The van der Waals surface area contributed by atoms with Crippen LogP contribution in [0.5, 0.6) is 0 Å². The van der Waals surface area contributed by atoms with Crippen LogP contribution in [0.2, 0.25) is 0 Å². The summed E-state index contributed by atoms with van der Waals surface area (Å²) in [5.41, 5.74) is 6.25. The van der Waals surface area contributed by atoms with Crippen LogP contribution < -0.4 is 5.73 Å². The Morgan fingerprint density at radius 1 is 1.36 bits per heavy atom. The van der Waals surface area contributed by atoms with Crippen molar-refractivity contribution in [2.24, 2.45) is 5.73 Å². The van der Waals surface area contributed by atoms with Crippen LogP contribution in [0.25, 0.3) is 0 Å². The summed E-state index contributed by atoms with van der Waals surface area (Å²) in [4.78, 5) is 16.9. The van der Waals surface area contributed by atoms with Gasteiger partial charge in [0.25, 0.3) is 0 Å². The van der Waals surface area contributed by atoms with E-state index in [1.165, 1.54) is 0 Å². The van der Waals surface area contributed by atoms with E-state index in [0.717, 1.165) is 5.56 Å². The highest BCUT2D eigenvalue weighted by Gasteiger charge is 2.19. The lowest BCUT2D eigenvalue weighted by Gasteiger charge is -2.13. The fourth-order valence-electron chi connectivity index (χ4n) is 1.06. The average Bonchev–Trinajstić information content (AvgIpc) is 2.02. The normalized spacial score (nSPS) is 13.9. The van der Waals surface area contributed by atoms with Crippen LogP contribution in [0.3, 0.4) is 0 Å². The van der Waals surface area contributed by atoms with Crippen LogP contribution in [0.15, 0.2) is 30.3 Å². The molecule has 0 fully saturated rings. The third-order valence-electron chi connectivity index (χ3n) is 1.55. The largest absolute Gasteiger partial charge is 0.471 e. The van der Waals surface area contributed by atoms with Crippen LogP contribution in [0.4, 0.5) is 0 Å². The third-order valence-corrected chi connectivity index (χ3v) is 2.10. The molecule has 6 heteroatoms. The molecule has 0 saturated carbocycles. The first-order valence-corrected chi connectivity index (χ1v) is 5.54. The lowest BCUT2D eigenvalue weighted by Crippen LogP contribution is -2.25. The van der Waals surface area contributed by atoms with Gasteiger partial charge in [0.2, 0.25) is 0 Å². The second kappa shape index (κ2) is 4.68. The van der Waals surface area contributed by atoms with Gasteiger partial charge in [-0.2, -0.15) is 0 Å². The van der Waals surface area contributed by atoms with Gasteiger partial charge < -0.3 is 15.5 Å². The molecule has 0 bridgehead atoms. The Morgan fingerprint density at radius 2 is 1.93 bits per heavy atom. The molecule has 78 valence electrons. The summed E-state index contributed by atoms with van der Waals surface area (Å²) in [6, 6.07) is 9.10. The molecule has 0 spiro atoms. The quantitative estimate of drug-likeness (QED) is 0.508. The van der Waals surface area contributed by atoms with E-state index in [1.54, 1.807) is 0 Å². The summed E-state index contributed by atoms with van der Waals surface area (Å²) in [6.45, 7) is 0. The molecule has 0 aliphatic rings. The van der Waals surface area contributed by atoms with Crippen molar-refractivity contribution in [3.05, 3.63) is 35.9 Å². The Labute approximate surface area is 81.8 Å². The number of phosphoric ester groups is 1. The van der Waals surface area contributed by atoms with Gasteiger partial charge in [0.1, 0.15) is 6.23 Å². The molecule has 1 aromatic rings. The van der Waals surface area contributed by atoms with Gasteiger partial charge in [0.15, 0.2) is 0 Å². The van der Waals surface area contributed by atoms with Gasteiger partial charge in [-0.25, -0.2) is 4.57 Å². The van der Waals surface area contributed by atoms with E-state index in [1.807, 2.05) is 30.3 Å². The minimum atomic E-state index is -4.48. The van der Waals surface area contributed by atoms with Gasteiger partial charge in [0, 0.05) is 6.42 Å². The Hall–Kier alpha value is -0.710. The van der Waals surface area contributed by atoms with Crippen LogP contribution >= 0.6 is 7.82 Å². The van der Waals surface area contributed by atoms with Crippen LogP contribution in [0, 0.1) is 0 Å². The number of hydrogen-bond acceptors (Lipinski definition) is 3. The highest BCUT2D eigenvalue weighted by atomic mass is 31.2. The molecule has 0 heterocycles. The van der Waals surface area contributed by atoms with Crippen LogP contribution in [0.1, 0.15) is 5.56 Å². The highest BCUT2D eigenvalue weighted by molar-refractivity contribution is 7.46. The molecule has 1 atom stereocenters. The van der Waals surface area contributed by atoms with Crippen molar-refractivity contribution in [1.29, 1.82) is 0 Å². The Bertz CT molecular complexity index is 323. The number of rotatable bonds is 4. The molecule has 0 aliphatic carbocycles. The number of phosphoric acid groups is 1. The third kappa shape index (κ3) is 4.50. The van der Waals surface area contributed by atoms with Gasteiger partial charge in [0.05, 0.1) is 0 Å². The number of hydrogen-bond donors (Lipinski definition) is 3. The van der Waals surface area contributed by atoms with Gasteiger partial charge in [-0.1, -0.05) is 30.3 Å². The van der Waals surface area contributed by atoms with E-state index in [0.29, 0.717) is 0 Å². The SMILES string of the molecule is NC(Cc1ccccc1)OP(=O)(O)O. The van der Waals surface area contributed by atoms with E-state index >= 15 is 0 Å². The predicted molar refractivity (Wildman–Crippen MR) is 51.3 cm³/mol. The second-order valence-corrected chi connectivity index (χ2v) is 4.02. The molecule has 14 heavy (non-hydrogen) atoms. The summed E-state index contributed by atoms with van der Waals surface area (Å²) >= 11 is 0. The Kier molecular flexibility index (Phi) is 3.80. The van der Waals surface area contributed by atoms with Crippen molar-refractivity contribution >= 4 is 7.82 Å². The van der Waals surface area contributed by atoms with E-state index in [4.69, 9.17) is 15.5 Å². The van der Waals surface area contributed by atoms with Crippen molar-refractivity contribution < 1.29 is 18.9 Å². The lowest BCUT2D eigenvalue weighted by atomic mass is 10.1. The van der Waals surface area contributed by atoms with Crippen LogP contribution in [-0.4, -0.2) is 16.0 Å². The zero-order valence-corrected chi connectivity index (χ0v) is 8.30. The molecular weight excluding hydrogens is 205 g/mol. The Balaban J connectivity index is 2.50. The maximum atomic E-state index is 10.4. The minimum Gasteiger partial charge on any atom is -0.305 e. The summed E-state index contributed by atoms with van der Waals surface area (Å²) < 4.78 is 14.7. The monoisotopic (exact) mass is 217 g/mol. The van der Waals surface area contributed by atoms with E-state index in [9.17, 15) is 4.57 Å². The first kappa shape index (κ1) is 11.4. The van der Waals surface area contributed by atoms with Crippen LogP contribution in [-0.2, 0) is 15.5 Å². The summed E-state index contributed by atoms with van der Waals surface area (Å²) in [5, 5.41) is 0. The first-order chi connectivity index (χ1) is 6.47. The van der Waals surface area contributed by atoms with Crippen molar-refractivity contribution in [2.45, 2.75) is 12.6 Å². The molecule has 0 aromatic heterocycles. The molecule has 1 aromatic carbocycles. The molecule has 0 aliphatic heterocycles. The topological polar surface area (TPSA) is 92.8 Å². The zero-order valence-electron chi connectivity index (χ0n) is 7.41. The minimum absolute atomic E-state index is 0.270. The molecule has 1 rings (SSSR count). The van der Waals surface area contributed by atoms with E-state index < -0.39 is 14.1 Å². The molecule has 0 radical (unpaired) electrons. The van der Waals surface area contributed by atoms with Gasteiger partial charge in [-0.15, -0.1) is 0 Å². The molecule has 1 unspecified atom stereocenters. The highest BCUT2D eigenvalue weighted by Crippen LogP contribution is 2.36. The molecule has 4 N–H and O–H groups in total. The molecule has 0 amide bonds. The maximum absolute atomic E-state index is 10.4. The van der Waals surface area contributed by atoms with E-state index in [-0.39, 0.29) is 6.42 Å². The standard InChI is InChI=1S/C8H12NO4P/c9-8(13-14(10,11)12)6-7-4-2-1-3-5-7/h1-5,8H,6,9H2,(H2,10,11,12). The maximum Gasteiger partial charge on any atom is 0.471 e. The summed E-state index contributed by atoms with van der Waals surface area (Å²) in [6.07, 6.45) is -0.718. The van der Waals surface area contributed by atoms with Gasteiger partial charge in [-0.05, 0) is 5.56 Å². The fourth-order valence-corrected chi connectivity index (χ4v) is 1.49. The first-order valence-electron chi connectivity index (χ1n) is 4.01. The lowest BCUT2D eigenvalue weighted by molar-refractivity contribution is 0.137. The molecule has 5 nitrogen and oxygen atoms in total. The fraction of sp³-hybridized carbons (Fsp3) is 0.250. The number of benzene rings is 1. The zero-order chi connectivity index (χ0) is 10.6. The van der Waals surface area contributed by atoms with Gasteiger partial charge in [-0.3, -0.25) is 4.52 Å². The predicted octanol–water partition coefficient (Wildman–Crippen LogP) is 0.623. The van der Waals surface area contributed by atoms with Crippen molar-refractivity contribution in [3.8, 4) is 0 Å². The summed E-state index contributed by atoms with van der Waals surface area (Å²) in [5.74, 6) is 0. The average molecular weight is 217 g/mol. The van der Waals surface area contributed by atoms with Gasteiger partial charge >= 0.3 is 7.82 Å². The Morgan fingerprint density at radius 3 is 2.43 bits per heavy atom. The van der Waals surface area contributed by atoms with Crippen molar-refractivity contribution in [3.63, 3.8) is 0 Å². The summed E-state index contributed by atoms with van der Waals surface area (Å²) in [7, 11) is -4.48.